The van der Waals surface area contributed by atoms with Crippen molar-refractivity contribution in [2.45, 2.75) is 19.8 Å². The van der Waals surface area contributed by atoms with Crippen LogP contribution in [0.3, 0.4) is 0 Å². The molecule has 118 valence electrons. The van der Waals surface area contributed by atoms with E-state index in [1.165, 1.54) is 0 Å². The fraction of sp³-hybridized carbons (Fsp3) is 0.533. The van der Waals surface area contributed by atoms with E-state index in [0.717, 1.165) is 31.6 Å². The lowest BCUT2D eigenvalue weighted by Gasteiger charge is -2.22. The predicted octanol–water partition coefficient (Wildman–Crippen LogP) is 2.45. The lowest BCUT2D eigenvalue weighted by molar-refractivity contribution is -0.120. The Balaban J connectivity index is 0.00000220. The molecule has 1 heterocycles. The minimum atomic E-state index is 0. The molecule has 0 unspecified atom stereocenters. The lowest BCUT2D eigenvalue weighted by Crippen LogP contribution is -2.37. The molecule has 1 aromatic rings. The monoisotopic (exact) mass is 314 g/mol. The summed E-state index contributed by atoms with van der Waals surface area (Å²) in [6.07, 6.45) is 1.98. The summed E-state index contributed by atoms with van der Waals surface area (Å²) in [6.45, 7) is 4.22. The maximum atomic E-state index is 12.2. The predicted molar refractivity (Wildman–Crippen MR) is 85.6 cm³/mol. The van der Waals surface area contributed by atoms with E-state index in [2.05, 4.69) is 10.6 Å². The highest BCUT2D eigenvalue weighted by atomic mass is 35.5. The molecule has 1 saturated heterocycles. The molecule has 1 aliphatic rings. The molecule has 0 aromatic heterocycles. The van der Waals surface area contributed by atoms with Crippen LogP contribution in [0.4, 0.5) is 5.69 Å². The van der Waals surface area contributed by atoms with Crippen LogP contribution in [-0.4, -0.2) is 32.7 Å². The van der Waals surface area contributed by atoms with E-state index in [9.17, 15) is 4.79 Å². The van der Waals surface area contributed by atoms with Crippen LogP contribution in [-0.2, 0) is 4.79 Å². The number of hydrogen-bond donors (Lipinski definition) is 2. The zero-order chi connectivity index (χ0) is 14.4. The fourth-order valence-corrected chi connectivity index (χ4v) is 2.34. The highest BCUT2D eigenvalue weighted by Gasteiger charge is 2.21. The van der Waals surface area contributed by atoms with Gasteiger partial charge in [-0.05, 0) is 38.4 Å². The molecule has 21 heavy (non-hydrogen) atoms. The summed E-state index contributed by atoms with van der Waals surface area (Å²) in [7, 11) is 1.60. The van der Waals surface area contributed by atoms with Crippen LogP contribution in [0.5, 0.6) is 11.5 Å². The summed E-state index contributed by atoms with van der Waals surface area (Å²) in [4.78, 5) is 12.2. The smallest absolute Gasteiger partial charge is 0.228 e. The average molecular weight is 315 g/mol. The number of hydrogen-bond acceptors (Lipinski definition) is 4. The topological polar surface area (TPSA) is 59.6 Å². The molecule has 1 aromatic carbocycles. The minimum Gasteiger partial charge on any atom is -0.493 e. The van der Waals surface area contributed by atoms with Crippen LogP contribution in [0.25, 0.3) is 0 Å². The molecular formula is C15H23ClN2O3. The van der Waals surface area contributed by atoms with E-state index >= 15 is 0 Å². The van der Waals surface area contributed by atoms with Gasteiger partial charge < -0.3 is 20.1 Å². The van der Waals surface area contributed by atoms with E-state index in [0.29, 0.717) is 18.1 Å². The van der Waals surface area contributed by atoms with Crippen molar-refractivity contribution in [1.82, 2.24) is 5.32 Å². The van der Waals surface area contributed by atoms with Crippen molar-refractivity contribution in [1.29, 1.82) is 0 Å². The number of halogens is 1. The summed E-state index contributed by atoms with van der Waals surface area (Å²) >= 11 is 0. The van der Waals surface area contributed by atoms with Gasteiger partial charge in [0.25, 0.3) is 0 Å². The summed E-state index contributed by atoms with van der Waals surface area (Å²) in [5.74, 6) is 1.42. The molecule has 5 nitrogen and oxygen atoms in total. The third-order valence-corrected chi connectivity index (χ3v) is 3.40. The van der Waals surface area contributed by atoms with Gasteiger partial charge in [0.2, 0.25) is 5.91 Å². The van der Waals surface area contributed by atoms with Gasteiger partial charge >= 0.3 is 0 Å². The number of ether oxygens (including phenoxy) is 2. The van der Waals surface area contributed by atoms with Gasteiger partial charge in [-0.1, -0.05) is 0 Å². The Labute approximate surface area is 131 Å². The minimum absolute atomic E-state index is 0. The molecule has 2 rings (SSSR count). The number of piperidine rings is 1. The van der Waals surface area contributed by atoms with Gasteiger partial charge in [-0.25, -0.2) is 0 Å². The molecule has 2 N–H and O–H groups in total. The van der Waals surface area contributed by atoms with E-state index < -0.39 is 0 Å². The van der Waals surface area contributed by atoms with E-state index in [1.54, 1.807) is 19.2 Å². The second kappa shape index (κ2) is 8.74. The van der Waals surface area contributed by atoms with E-state index in [4.69, 9.17) is 9.47 Å². The van der Waals surface area contributed by atoms with Gasteiger partial charge in [0, 0.05) is 18.3 Å². The van der Waals surface area contributed by atoms with Gasteiger partial charge in [0.05, 0.1) is 19.6 Å². The Morgan fingerprint density at radius 1 is 1.43 bits per heavy atom. The molecular weight excluding hydrogens is 292 g/mol. The molecule has 1 aliphatic heterocycles. The standard InChI is InChI=1S/C15H22N2O3.ClH/c1-3-20-14-9-12(6-7-13(14)19-2)17-15(18)11-5-4-8-16-10-11;/h6-7,9,11,16H,3-5,8,10H2,1-2H3,(H,17,18);1H/t11-;/m1./s1. The zero-order valence-corrected chi connectivity index (χ0v) is 13.3. The first-order chi connectivity index (χ1) is 9.74. The fourth-order valence-electron chi connectivity index (χ4n) is 2.34. The molecule has 1 fully saturated rings. The number of carbonyl (C=O) groups excluding carboxylic acids is 1. The Morgan fingerprint density at radius 2 is 2.24 bits per heavy atom. The van der Waals surface area contributed by atoms with Crippen LogP contribution >= 0.6 is 12.4 Å². The number of benzene rings is 1. The highest BCUT2D eigenvalue weighted by molar-refractivity contribution is 5.93. The van der Waals surface area contributed by atoms with Crippen LogP contribution in [0.15, 0.2) is 18.2 Å². The summed E-state index contributed by atoms with van der Waals surface area (Å²) in [5, 5.41) is 6.19. The van der Waals surface area contributed by atoms with Crippen molar-refractivity contribution in [3.05, 3.63) is 18.2 Å². The second-order valence-electron chi connectivity index (χ2n) is 4.83. The first-order valence-corrected chi connectivity index (χ1v) is 7.07. The quantitative estimate of drug-likeness (QED) is 0.876. The summed E-state index contributed by atoms with van der Waals surface area (Å²) < 4.78 is 10.7. The van der Waals surface area contributed by atoms with Gasteiger partial charge in [-0.15, -0.1) is 12.4 Å². The van der Waals surface area contributed by atoms with Gasteiger partial charge in [0.15, 0.2) is 11.5 Å². The number of rotatable bonds is 5. The van der Waals surface area contributed by atoms with Crippen LogP contribution < -0.4 is 20.1 Å². The van der Waals surface area contributed by atoms with Gasteiger partial charge in [-0.3, -0.25) is 4.79 Å². The van der Waals surface area contributed by atoms with E-state index in [-0.39, 0.29) is 24.2 Å². The summed E-state index contributed by atoms with van der Waals surface area (Å²) in [5.41, 5.74) is 0.741. The average Bonchev–Trinajstić information content (AvgIpc) is 2.49. The number of amides is 1. The molecule has 0 bridgehead atoms. The molecule has 0 spiro atoms. The third-order valence-electron chi connectivity index (χ3n) is 3.40. The van der Waals surface area contributed by atoms with Crippen molar-refractivity contribution < 1.29 is 14.3 Å². The first-order valence-electron chi connectivity index (χ1n) is 7.07. The van der Waals surface area contributed by atoms with Crippen molar-refractivity contribution in [3.8, 4) is 11.5 Å². The van der Waals surface area contributed by atoms with Crippen LogP contribution in [0.1, 0.15) is 19.8 Å². The molecule has 1 atom stereocenters. The lowest BCUT2D eigenvalue weighted by atomic mass is 9.99. The molecule has 0 radical (unpaired) electrons. The molecule has 6 heteroatoms. The maximum Gasteiger partial charge on any atom is 0.228 e. The van der Waals surface area contributed by atoms with Crippen molar-refractivity contribution in [2.24, 2.45) is 5.92 Å². The summed E-state index contributed by atoms with van der Waals surface area (Å²) in [6, 6.07) is 5.44. The number of methoxy groups -OCH3 is 1. The maximum absolute atomic E-state index is 12.2. The SMILES string of the molecule is CCOc1cc(NC(=O)[C@@H]2CCCNC2)ccc1OC.Cl. The number of anilines is 1. The Bertz CT molecular complexity index is 462. The largest absolute Gasteiger partial charge is 0.493 e. The van der Waals surface area contributed by atoms with Crippen molar-refractivity contribution >= 4 is 24.0 Å². The Morgan fingerprint density at radius 3 is 2.86 bits per heavy atom. The second-order valence-corrected chi connectivity index (χ2v) is 4.83. The van der Waals surface area contributed by atoms with E-state index in [1.807, 2.05) is 13.0 Å². The number of carbonyl (C=O) groups is 1. The molecule has 0 aliphatic carbocycles. The Hall–Kier alpha value is -1.46. The van der Waals surface area contributed by atoms with Crippen molar-refractivity contribution in [2.75, 3.05) is 32.1 Å². The van der Waals surface area contributed by atoms with Gasteiger partial charge in [0.1, 0.15) is 0 Å². The molecule has 1 amide bonds. The number of nitrogens with one attached hydrogen (secondary N) is 2. The third kappa shape index (κ3) is 4.79. The first kappa shape index (κ1) is 17.6. The Kier molecular flexibility index (Phi) is 7.32. The normalized spacial score (nSPS) is 17.5. The zero-order valence-electron chi connectivity index (χ0n) is 12.5. The van der Waals surface area contributed by atoms with Gasteiger partial charge in [-0.2, -0.15) is 0 Å². The molecule has 0 saturated carbocycles. The van der Waals surface area contributed by atoms with Crippen molar-refractivity contribution in [3.63, 3.8) is 0 Å². The highest BCUT2D eigenvalue weighted by Crippen LogP contribution is 2.30. The van der Waals surface area contributed by atoms with Crippen LogP contribution in [0.2, 0.25) is 0 Å². The van der Waals surface area contributed by atoms with Crippen LogP contribution in [0, 0.1) is 5.92 Å².